The van der Waals surface area contributed by atoms with Crippen LogP contribution in [0, 0.1) is 0 Å². The molecule has 1 aliphatic rings. The van der Waals surface area contributed by atoms with Gasteiger partial charge in [0.1, 0.15) is 5.82 Å². The summed E-state index contributed by atoms with van der Waals surface area (Å²) in [5.74, 6) is 0.421. The molecule has 2 aromatic heterocycles. The Morgan fingerprint density at radius 3 is 2.57 bits per heavy atom. The fourth-order valence-corrected chi connectivity index (χ4v) is 4.80. The smallest absolute Gasteiger partial charge is 0.264 e. The fourth-order valence-electron chi connectivity index (χ4n) is 3.53. The van der Waals surface area contributed by atoms with Crippen molar-refractivity contribution in [1.29, 1.82) is 0 Å². The Morgan fingerprint density at radius 1 is 1.13 bits per heavy atom. The first-order valence-corrected chi connectivity index (χ1v) is 10.9. The zero-order valence-corrected chi connectivity index (χ0v) is 17.7. The third kappa shape index (κ3) is 3.35. The number of hydrogen-bond acceptors (Lipinski definition) is 7. The highest BCUT2D eigenvalue weighted by Gasteiger charge is 2.54. The van der Waals surface area contributed by atoms with E-state index in [4.69, 9.17) is 4.74 Å². The first kappa shape index (κ1) is 20.1. The van der Waals surface area contributed by atoms with E-state index >= 15 is 0 Å². The third-order valence-corrected chi connectivity index (χ3v) is 6.71. The number of sulfonamides is 1. The van der Waals surface area contributed by atoms with E-state index in [1.165, 1.54) is 13.2 Å². The van der Waals surface area contributed by atoms with E-state index < -0.39 is 21.3 Å². The van der Waals surface area contributed by atoms with Crippen molar-refractivity contribution in [2.75, 3.05) is 26.1 Å². The predicted octanol–water partition coefficient (Wildman–Crippen LogP) is 2.24. The second-order valence-electron chi connectivity index (χ2n) is 7.46. The number of nitrogens with one attached hydrogen (secondary N) is 1. The van der Waals surface area contributed by atoms with Gasteiger partial charge in [0.15, 0.2) is 0 Å². The second kappa shape index (κ2) is 7.24. The molecule has 1 fully saturated rings. The van der Waals surface area contributed by atoms with Crippen molar-refractivity contribution < 1.29 is 17.9 Å². The average molecular weight is 426 g/mol. The average Bonchev–Trinajstić information content (AvgIpc) is 3.54. The molecule has 156 valence electrons. The summed E-state index contributed by atoms with van der Waals surface area (Å²) in [5, 5.41) is 0.458. The molecule has 2 heterocycles. The standard InChI is InChI=1S/C21H22N4O4S/c1-25(2)18-10-9-15(19(23-18)29-3)21(11-12-21)20(26)24-30(27,28)17-8-4-7-16-14(17)6-5-13-22-16/h4-10,13H,11-12H2,1-3H3,(H,24,26). The van der Waals surface area contributed by atoms with Crippen molar-refractivity contribution >= 4 is 32.7 Å². The number of anilines is 1. The first-order valence-electron chi connectivity index (χ1n) is 9.42. The van der Waals surface area contributed by atoms with Crippen LogP contribution in [0.4, 0.5) is 5.82 Å². The molecule has 8 nitrogen and oxygen atoms in total. The molecule has 30 heavy (non-hydrogen) atoms. The molecule has 4 rings (SSSR count). The van der Waals surface area contributed by atoms with Gasteiger partial charge in [-0.15, -0.1) is 0 Å². The van der Waals surface area contributed by atoms with Gasteiger partial charge in [-0.25, -0.2) is 13.1 Å². The van der Waals surface area contributed by atoms with Crippen LogP contribution in [0.2, 0.25) is 0 Å². The fraction of sp³-hybridized carbons (Fsp3) is 0.286. The second-order valence-corrected chi connectivity index (χ2v) is 9.11. The first-order chi connectivity index (χ1) is 14.3. The van der Waals surface area contributed by atoms with Crippen molar-refractivity contribution in [2.45, 2.75) is 23.2 Å². The highest BCUT2D eigenvalue weighted by molar-refractivity contribution is 7.90. The summed E-state index contributed by atoms with van der Waals surface area (Å²) in [5.41, 5.74) is 0.154. The van der Waals surface area contributed by atoms with Crippen LogP contribution in [-0.2, 0) is 20.2 Å². The predicted molar refractivity (Wildman–Crippen MR) is 113 cm³/mol. The maximum atomic E-state index is 13.1. The van der Waals surface area contributed by atoms with Gasteiger partial charge in [-0.3, -0.25) is 9.78 Å². The molecule has 0 bridgehead atoms. The van der Waals surface area contributed by atoms with Gasteiger partial charge in [-0.2, -0.15) is 4.98 Å². The van der Waals surface area contributed by atoms with Gasteiger partial charge in [0, 0.05) is 31.2 Å². The van der Waals surface area contributed by atoms with Gasteiger partial charge in [-0.1, -0.05) is 6.07 Å². The Hall–Kier alpha value is -3.20. The van der Waals surface area contributed by atoms with E-state index in [2.05, 4.69) is 14.7 Å². The van der Waals surface area contributed by atoms with E-state index in [0.29, 0.717) is 41.0 Å². The van der Waals surface area contributed by atoms with Gasteiger partial charge in [0.25, 0.3) is 10.0 Å². The molecule has 1 amide bonds. The molecular formula is C21H22N4O4S. The molecule has 0 saturated heterocycles. The maximum absolute atomic E-state index is 13.1. The maximum Gasteiger partial charge on any atom is 0.264 e. The number of aromatic nitrogens is 2. The Balaban J connectivity index is 1.68. The van der Waals surface area contributed by atoms with E-state index in [9.17, 15) is 13.2 Å². The van der Waals surface area contributed by atoms with Crippen LogP contribution < -0.4 is 14.4 Å². The number of hydrogen-bond donors (Lipinski definition) is 1. The molecule has 1 N–H and O–H groups in total. The van der Waals surface area contributed by atoms with Crippen LogP contribution >= 0.6 is 0 Å². The normalized spacial score (nSPS) is 14.9. The number of nitrogens with zero attached hydrogens (tertiary/aromatic N) is 3. The molecule has 3 aromatic rings. The van der Waals surface area contributed by atoms with E-state index in [1.54, 1.807) is 42.6 Å². The summed E-state index contributed by atoms with van der Waals surface area (Å²) in [7, 11) is 1.11. The minimum absolute atomic E-state index is 0.0188. The number of pyridine rings is 2. The van der Waals surface area contributed by atoms with Gasteiger partial charge in [0.2, 0.25) is 11.8 Å². The Bertz CT molecular complexity index is 1230. The zero-order valence-electron chi connectivity index (χ0n) is 16.9. The van der Waals surface area contributed by atoms with Crippen LogP contribution in [0.1, 0.15) is 18.4 Å². The number of carbonyl (C=O) groups is 1. The minimum atomic E-state index is -4.09. The number of benzene rings is 1. The minimum Gasteiger partial charge on any atom is -0.481 e. The van der Waals surface area contributed by atoms with E-state index in [-0.39, 0.29) is 4.90 Å². The number of carbonyl (C=O) groups excluding carboxylic acids is 1. The van der Waals surface area contributed by atoms with Crippen LogP contribution in [0.5, 0.6) is 5.88 Å². The van der Waals surface area contributed by atoms with Crippen LogP contribution in [0.15, 0.2) is 53.6 Å². The van der Waals surface area contributed by atoms with Crippen LogP contribution in [0.25, 0.3) is 10.9 Å². The number of ether oxygens (including phenoxy) is 1. The molecule has 1 aliphatic carbocycles. The van der Waals surface area contributed by atoms with Gasteiger partial charge >= 0.3 is 0 Å². The molecule has 0 radical (unpaired) electrons. The monoisotopic (exact) mass is 426 g/mol. The molecular weight excluding hydrogens is 404 g/mol. The number of amides is 1. The quantitative estimate of drug-likeness (QED) is 0.645. The molecule has 0 aliphatic heterocycles. The molecule has 9 heteroatoms. The largest absolute Gasteiger partial charge is 0.481 e. The highest BCUT2D eigenvalue weighted by Crippen LogP contribution is 2.51. The van der Waals surface area contributed by atoms with Gasteiger partial charge in [0.05, 0.1) is 22.9 Å². The lowest BCUT2D eigenvalue weighted by Crippen LogP contribution is -2.39. The van der Waals surface area contributed by atoms with E-state index in [0.717, 1.165) is 0 Å². The lowest BCUT2D eigenvalue weighted by molar-refractivity contribution is -0.121. The molecule has 1 saturated carbocycles. The Morgan fingerprint density at radius 2 is 1.90 bits per heavy atom. The molecule has 0 spiro atoms. The van der Waals surface area contributed by atoms with Crippen LogP contribution in [0.3, 0.4) is 0 Å². The van der Waals surface area contributed by atoms with Crippen molar-refractivity contribution in [2.24, 2.45) is 0 Å². The SMILES string of the molecule is COc1nc(N(C)C)ccc1C1(C(=O)NS(=O)(=O)c2cccc3ncccc23)CC1. The number of fused-ring (bicyclic) bond motifs is 1. The van der Waals surface area contributed by atoms with Crippen LogP contribution in [-0.4, -0.2) is 45.5 Å². The van der Waals surface area contributed by atoms with Gasteiger partial charge < -0.3 is 9.64 Å². The lowest BCUT2D eigenvalue weighted by Gasteiger charge is -2.20. The van der Waals surface area contributed by atoms with Crippen molar-refractivity contribution in [1.82, 2.24) is 14.7 Å². The van der Waals surface area contributed by atoms with Crippen molar-refractivity contribution in [3.8, 4) is 5.88 Å². The summed E-state index contributed by atoms with van der Waals surface area (Å²) >= 11 is 0. The summed E-state index contributed by atoms with van der Waals surface area (Å²) in [6.07, 6.45) is 2.63. The summed E-state index contributed by atoms with van der Waals surface area (Å²) in [4.78, 5) is 23.6. The summed E-state index contributed by atoms with van der Waals surface area (Å²) in [6.45, 7) is 0. The van der Waals surface area contributed by atoms with Crippen molar-refractivity contribution in [3.63, 3.8) is 0 Å². The molecule has 0 atom stereocenters. The summed E-state index contributed by atoms with van der Waals surface area (Å²) < 4.78 is 33.8. The Kier molecular flexibility index (Phi) is 4.85. The van der Waals surface area contributed by atoms with Crippen molar-refractivity contribution in [3.05, 3.63) is 54.2 Å². The zero-order chi connectivity index (χ0) is 21.5. The van der Waals surface area contributed by atoms with E-state index in [1.807, 2.05) is 19.0 Å². The summed E-state index contributed by atoms with van der Waals surface area (Å²) in [6, 6.07) is 11.7. The third-order valence-electron chi connectivity index (χ3n) is 5.32. The number of methoxy groups -OCH3 is 1. The topological polar surface area (TPSA) is 101 Å². The highest BCUT2D eigenvalue weighted by atomic mass is 32.2. The van der Waals surface area contributed by atoms with Gasteiger partial charge in [-0.05, 0) is 49.2 Å². The number of rotatable bonds is 6. The molecule has 1 aromatic carbocycles. The Labute approximate surface area is 175 Å². The lowest BCUT2D eigenvalue weighted by atomic mass is 9.96. The molecule has 0 unspecified atom stereocenters.